The van der Waals surface area contributed by atoms with Gasteiger partial charge in [0.25, 0.3) is 5.69 Å². The molecule has 6 nitrogen and oxygen atoms in total. The van der Waals surface area contributed by atoms with E-state index in [4.69, 9.17) is 4.42 Å². The van der Waals surface area contributed by atoms with E-state index in [2.05, 4.69) is 16.0 Å². The number of hydrogen-bond acceptors (Lipinski definition) is 4. The van der Waals surface area contributed by atoms with E-state index in [0.717, 1.165) is 27.7 Å². The van der Waals surface area contributed by atoms with Crippen molar-refractivity contribution >= 4 is 16.7 Å². The molecule has 0 aliphatic rings. The van der Waals surface area contributed by atoms with E-state index >= 15 is 0 Å². The summed E-state index contributed by atoms with van der Waals surface area (Å²) in [5.41, 5.74) is 5.79. The van der Waals surface area contributed by atoms with Crippen molar-refractivity contribution in [1.82, 2.24) is 9.97 Å². The van der Waals surface area contributed by atoms with Crippen LogP contribution in [-0.2, 0) is 0 Å². The number of fused-ring (bicyclic) bond motifs is 1. The Morgan fingerprint density at radius 3 is 2.54 bits per heavy atom. The second kappa shape index (κ2) is 5.84. The van der Waals surface area contributed by atoms with Crippen LogP contribution in [0.25, 0.3) is 33.9 Å². The quantitative estimate of drug-likeness (QED) is 0.401. The lowest BCUT2D eigenvalue weighted by Gasteiger charge is -2.02. The average Bonchev–Trinajstić information content (AvgIpc) is 3.21. The minimum absolute atomic E-state index is 0.0402. The van der Waals surface area contributed by atoms with Crippen LogP contribution < -0.4 is 0 Å². The normalized spacial score (nSPS) is 11.2. The largest absolute Gasteiger partial charge is 0.453 e. The van der Waals surface area contributed by atoms with Gasteiger partial charge in [-0.25, -0.2) is 4.98 Å². The van der Waals surface area contributed by atoms with Gasteiger partial charge in [-0.3, -0.25) is 10.1 Å². The zero-order valence-corrected chi connectivity index (χ0v) is 14.7. The maximum Gasteiger partial charge on any atom is 0.270 e. The van der Waals surface area contributed by atoms with Gasteiger partial charge < -0.3 is 9.40 Å². The topological polar surface area (TPSA) is 85.0 Å². The number of benzene rings is 2. The van der Waals surface area contributed by atoms with Gasteiger partial charge in [0.05, 0.1) is 16.0 Å². The summed E-state index contributed by atoms with van der Waals surface area (Å²) in [5.74, 6) is 1.82. The van der Waals surface area contributed by atoms with Crippen LogP contribution in [0.3, 0.4) is 0 Å². The zero-order valence-electron chi connectivity index (χ0n) is 14.7. The summed E-state index contributed by atoms with van der Waals surface area (Å²) < 4.78 is 5.95. The second-order valence-electron chi connectivity index (χ2n) is 6.48. The average molecular weight is 347 g/mol. The molecule has 0 fully saturated rings. The Kier molecular flexibility index (Phi) is 3.61. The number of nitro groups is 1. The van der Waals surface area contributed by atoms with Gasteiger partial charge in [0, 0.05) is 17.7 Å². The Balaban J connectivity index is 1.79. The minimum atomic E-state index is -0.406. The van der Waals surface area contributed by atoms with Gasteiger partial charge in [-0.1, -0.05) is 12.1 Å². The van der Waals surface area contributed by atoms with E-state index < -0.39 is 4.92 Å². The lowest BCUT2D eigenvalue weighted by molar-refractivity contribution is -0.384. The Morgan fingerprint density at radius 1 is 1.00 bits per heavy atom. The standard InChI is InChI=1S/C20H17N3O3/c1-11-8-13(3)19-16(9-11)21-20(22-19)18-7-6-17(26-18)15-10-14(23(24)25)5-4-12(15)2/h4-10H,1-3H3,(H,21,22). The molecular formula is C20H17N3O3. The molecule has 130 valence electrons. The smallest absolute Gasteiger partial charge is 0.270 e. The monoisotopic (exact) mass is 347 g/mol. The number of nitro benzene ring substituents is 1. The number of imidazole rings is 1. The molecule has 0 aliphatic carbocycles. The van der Waals surface area contributed by atoms with E-state index in [1.807, 2.05) is 39.0 Å². The lowest BCUT2D eigenvalue weighted by Crippen LogP contribution is -1.89. The Bertz CT molecular complexity index is 1150. The molecule has 2 aromatic carbocycles. The highest BCUT2D eigenvalue weighted by atomic mass is 16.6. The van der Waals surface area contributed by atoms with Crippen molar-refractivity contribution in [1.29, 1.82) is 0 Å². The fourth-order valence-corrected chi connectivity index (χ4v) is 3.19. The molecule has 0 saturated heterocycles. The Hall–Kier alpha value is -3.41. The number of rotatable bonds is 3. The van der Waals surface area contributed by atoms with E-state index in [0.29, 0.717) is 22.9 Å². The van der Waals surface area contributed by atoms with Crippen molar-refractivity contribution < 1.29 is 9.34 Å². The number of aromatic amines is 1. The fourth-order valence-electron chi connectivity index (χ4n) is 3.19. The van der Waals surface area contributed by atoms with E-state index in [9.17, 15) is 10.1 Å². The highest BCUT2D eigenvalue weighted by Crippen LogP contribution is 2.32. The number of aryl methyl sites for hydroxylation is 3. The van der Waals surface area contributed by atoms with Crippen LogP contribution in [0.4, 0.5) is 5.69 Å². The van der Waals surface area contributed by atoms with Crippen LogP contribution in [0.15, 0.2) is 46.9 Å². The molecule has 0 saturated carbocycles. The van der Waals surface area contributed by atoms with Crippen LogP contribution >= 0.6 is 0 Å². The van der Waals surface area contributed by atoms with Gasteiger partial charge in [-0.15, -0.1) is 0 Å². The van der Waals surface area contributed by atoms with Crippen molar-refractivity contribution in [2.45, 2.75) is 20.8 Å². The second-order valence-corrected chi connectivity index (χ2v) is 6.48. The Morgan fingerprint density at radius 2 is 1.77 bits per heavy atom. The summed E-state index contributed by atoms with van der Waals surface area (Å²) in [4.78, 5) is 18.6. The van der Waals surface area contributed by atoms with Crippen LogP contribution in [0.1, 0.15) is 16.7 Å². The predicted molar refractivity (Wildman–Crippen MR) is 100 cm³/mol. The number of non-ortho nitro benzene ring substituents is 1. The molecular weight excluding hydrogens is 330 g/mol. The van der Waals surface area contributed by atoms with Crippen molar-refractivity contribution in [3.63, 3.8) is 0 Å². The van der Waals surface area contributed by atoms with Crippen LogP contribution in [0.5, 0.6) is 0 Å². The highest BCUT2D eigenvalue weighted by Gasteiger charge is 2.16. The molecule has 4 rings (SSSR count). The molecule has 2 aromatic heterocycles. The van der Waals surface area contributed by atoms with Gasteiger partial charge in [0.1, 0.15) is 5.76 Å². The first kappa shape index (κ1) is 16.1. The van der Waals surface area contributed by atoms with E-state index in [1.54, 1.807) is 6.07 Å². The first-order valence-electron chi connectivity index (χ1n) is 8.25. The third-order valence-electron chi connectivity index (χ3n) is 4.46. The molecule has 0 bridgehead atoms. The summed E-state index contributed by atoms with van der Waals surface area (Å²) in [6.45, 7) is 5.97. The lowest BCUT2D eigenvalue weighted by atomic mass is 10.1. The number of H-pyrrole nitrogens is 1. The molecule has 1 N–H and O–H groups in total. The maximum absolute atomic E-state index is 11.0. The Labute approximate surface area is 149 Å². The molecule has 26 heavy (non-hydrogen) atoms. The summed E-state index contributed by atoms with van der Waals surface area (Å²) >= 11 is 0. The number of nitrogens with one attached hydrogen (secondary N) is 1. The summed E-state index contributed by atoms with van der Waals surface area (Å²) in [6.07, 6.45) is 0. The minimum Gasteiger partial charge on any atom is -0.453 e. The molecule has 0 unspecified atom stereocenters. The SMILES string of the molecule is Cc1cc(C)c2nc(-c3ccc(-c4cc([N+](=O)[O-])ccc4C)o3)[nH]c2c1. The van der Waals surface area contributed by atoms with Crippen molar-refractivity contribution in [3.05, 3.63) is 69.3 Å². The number of hydrogen-bond donors (Lipinski definition) is 1. The van der Waals surface area contributed by atoms with Crippen molar-refractivity contribution in [2.24, 2.45) is 0 Å². The van der Waals surface area contributed by atoms with Gasteiger partial charge in [-0.2, -0.15) is 0 Å². The zero-order chi connectivity index (χ0) is 18.4. The van der Waals surface area contributed by atoms with E-state index in [-0.39, 0.29) is 5.69 Å². The first-order valence-corrected chi connectivity index (χ1v) is 8.25. The van der Waals surface area contributed by atoms with Gasteiger partial charge in [0.2, 0.25) is 0 Å². The van der Waals surface area contributed by atoms with Gasteiger partial charge in [-0.05, 0) is 55.7 Å². The highest BCUT2D eigenvalue weighted by molar-refractivity contribution is 5.82. The molecule has 2 heterocycles. The third-order valence-corrected chi connectivity index (χ3v) is 4.46. The summed E-state index contributed by atoms with van der Waals surface area (Å²) in [7, 11) is 0. The molecule has 0 atom stereocenters. The molecule has 0 radical (unpaired) electrons. The number of furan rings is 1. The number of nitrogens with zero attached hydrogens (tertiary/aromatic N) is 2. The van der Waals surface area contributed by atoms with Crippen LogP contribution in [0.2, 0.25) is 0 Å². The van der Waals surface area contributed by atoms with Crippen molar-refractivity contribution in [3.8, 4) is 22.9 Å². The van der Waals surface area contributed by atoms with Crippen molar-refractivity contribution in [2.75, 3.05) is 0 Å². The fraction of sp³-hybridized carbons (Fsp3) is 0.150. The summed E-state index contributed by atoms with van der Waals surface area (Å²) in [6, 6.07) is 12.5. The van der Waals surface area contributed by atoms with Gasteiger partial charge in [0.15, 0.2) is 11.6 Å². The van der Waals surface area contributed by atoms with Gasteiger partial charge >= 0.3 is 0 Å². The maximum atomic E-state index is 11.0. The molecule has 4 aromatic rings. The molecule has 0 spiro atoms. The van der Waals surface area contributed by atoms with Crippen LogP contribution in [0, 0.1) is 30.9 Å². The molecule has 0 amide bonds. The first-order chi connectivity index (χ1) is 12.4. The molecule has 6 heteroatoms. The summed E-state index contributed by atoms with van der Waals surface area (Å²) in [5, 5.41) is 11.0. The predicted octanol–water partition coefficient (Wildman–Crippen LogP) is 5.32. The molecule has 0 aliphatic heterocycles. The number of aromatic nitrogens is 2. The third kappa shape index (κ3) is 2.65. The van der Waals surface area contributed by atoms with Crippen LogP contribution in [-0.4, -0.2) is 14.9 Å². The van der Waals surface area contributed by atoms with E-state index in [1.165, 1.54) is 12.1 Å².